The summed E-state index contributed by atoms with van der Waals surface area (Å²) in [6, 6.07) is -0.405. The summed E-state index contributed by atoms with van der Waals surface area (Å²) in [5, 5.41) is 15.3. The van der Waals surface area contributed by atoms with Crippen molar-refractivity contribution in [1.29, 1.82) is 0 Å². The van der Waals surface area contributed by atoms with Crippen molar-refractivity contribution in [3.05, 3.63) is 10.4 Å². The van der Waals surface area contributed by atoms with Gasteiger partial charge in [0.25, 0.3) is 0 Å². The molecule has 1 saturated heterocycles. The lowest BCUT2D eigenvalue weighted by molar-refractivity contribution is -0.156. The zero-order valence-electron chi connectivity index (χ0n) is 18.4. The van der Waals surface area contributed by atoms with Crippen LogP contribution < -0.4 is 5.32 Å². The number of carbonyl (C=O) groups excluding carboxylic acids is 3. The Balaban J connectivity index is 1.79. The Morgan fingerprint density at radius 2 is 1.97 bits per heavy atom. The molecule has 2 amide bonds. The molecule has 2 atom stereocenters. The molecule has 2 rings (SSSR count). The number of unbranched alkanes of at least 4 members (excludes halogenated alkanes) is 1. The van der Waals surface area contributed by atoms with Crippen LogP contribution >= 0.6 is 0 Å². The molecule has 1 aliphatic carbocycles. The Hall–Kier alpha value is -2.85. The van der Waals surface area contributed by atoms with Gasteiger partial charge in [-0.25, -0.2) is 0 Å². The molecule has 2 N–H and O–H groups in total. The molecule has 1 saturated carbocycles. The van der Waals surface area contributed by atoms with Gasteiger partial charge in [-0.3, -0.25) is 24.1 Å². The highest BCUT2D eigenvalue weighted by Gasteiger charge is 2.38. The van der Waals surface area contributed by atoms with Crippen molar-refractivity contribution in [2.24, 2.45) is 11.0 Å². The van der Waals surface area contributed by atoms with Crippen LogP contribution in [0, 0.1) is 5.92 Å². The van der Waals surface area contributed by atoms with Gasteiger partial charge in [0.2, 0.25) is 11.8 Å². The highest BCUT2D eigenvalue weighted by atomic mass is 16.5. The second-order valence-corrected chi connectivity index (χ2v) is 8.20. The molecule has 2 aliphatic rings. The number of nitrogens with zero attached hydrogens (tertiary/aromatic N) is 5. The van der Waals surface area contributed by atoms with Gasteiger partial charge in [0.05, 0.1) is 18.5 Å². The fraction of sp³-hybridized carbons (Fsp3) is 0.800. The molecule has 1 aliphatic heterocycles. The third-order valence-electron chi connectivity index (χ3n) is 5.62. The number of aliphatic carboxylic acids is 1. The lowest BCUT2D eigenvalue weighted by Gasteiger charge is -2.43. The summed E-state index contributed by atoms with van der Waals surface area (Å²) in [6.07, 6.45) is 2.76. The first-order chi connectivity index (χ1) is 15.3. The average Bonchev–Trinajstić information content (AvgIpc) is 3.59. The van der Waals surface area contributed by atoms with Gasteiger partial charge in [0.1, 0.15) is 6.10 Å². The predicted octanol–water partition coefficient (Wildman–Crippen LogP) is 0.912. The van der Waals surface area contributed by atoms with E-state index in [1.165, 1.54) is 0 Å². The number of nitrogens with one attached hydrogen (secondary N) is 1. The number of carbonyl (C=O) groups is 4. The highest BCUT2D eigenvalue weighted by Crippen LogP contribution is 2.31. The van der Waals surface area contributed by atoms with E-state index in [2.05, 4.69) is 15.3 Å². The minimum atomic E-state index is -0.974. The fourth-order valence-electron chi connectivity index (χ4n) is 3.63. The Morgan fingerprint density at radius 3 is 2.62 bits per heavy atom. The topological polar surface area (TPSA) is 165 Å². The maximum atomic E-state index is 12.6. The molecule has 0 aromatic heterocycles. The summed E-state index contributed by atoms with van der Waals surface area (Å²) in [5.74, 6) is -1.61. The van der Waals surface area contributed by atoms with Gasteiger partial charge in [0, 0.05) is 50.5 Å². The largest absolute Gasteiger partial charge is 0.480 e. The molecule has 2 fully saturated rings. The number of ether oxygens (including phenoxy) is 1. The molecule has 0 bridgehead atoms. The summed E-state index contributed by atoms with van der Waals surface area (Å²) in [6.45, 7) is 3.11. The van der Waals surface area contributed by atoms with E-state index in [1.54, 1.807) is 16.7 Å². The van der Waals surface area contributed by atoms with Gasteiger partial charge in [-0.05, 0) is 38.1 Å². The number of carboxylic acid groups (broad SMARTS) is 1. The molecule has 12 heteroatoms. The van der Waals surface area contributed by atoms with Gasteiger partial charge in [-0.15, -0.1) is 0 Å². The van der Waals surface area contributed by atoms with Crippen LogP contribution in [-0.2, 0) is 23.9 Å². The molecule has 1 heterocycles. The van der Waals surface area contributed by atoms with E-state index in [0.29, 0.717) is 38.9 Å². The number of amides is 2. The summed E-state index contributed by atoms with van der Waals surface area (Å²) < 4.78 is 5.53. The van der Waals surface area contributed by atoms with Crippen LogP contribution in [0.15, 0.2) is 5.11 Å². The van der Waals surface area contributed by atoms with E-state index in [0.717, 1.165) is 12.8 Å². The van der Waals surface area contributed by atoms with Gasteiger partial charge in [-0.2, -0.15) is 0 Å². The van der Waals surface area contributed by atoms with Crippen molar-refractivity contribution in [3.63, 3.8) is 0 Å². The predicted molar refractivity (Wildman–Crippen MR) is 113 cm³/mol. The van der Waals surface area contributed by atoms with Crippen molar-refractivity contribution in [1.82, 2.24) is 15.1 Å². The molecule has 0 radical (unpaired) electrons. The van der Waals surface area contributed by atoms with E-state index in [4.69, 9.17) is 10.3 Å². The minimum absolute atomic E-state index is 0.0608. The quantitative estimate of drug-likeness (QED) is 0.138. The Bertz CT molecular complexity index is 736. The molecule has 0 aromatic rings. The molecular formula is C20H32N6O6. The molecule has 0 aromatic carbocycles. The summed E-state index contributed by atoms with van der Waals surface area (Å²) in [4.78, 5) is 53.8. The zero-order valence-corrected chi connectivity index (χ0v) is 18.4. The third-order valence-corrected chi connectivity index (χ3v) is 5.62. The van der Waals surface area contributed by atoms with Gasteiger partial charge in [-0.1, -0.05) is 5.11 Å². The minimum Gasteiger partial charge on any atom is -0.480 e. The second kappa shape index (κ2) is 12.9. The van der Waals surface area contributed by atoms with Crippen LogP contribution in [0.4, 0.5) is 0 Å². The molecular weight excluding hydrogens is 420 g/mol. The molecule has 0 spiro atoms. The summed E-state index contributed by atoms with van der Waals surface area (Å²) in [7, 11) is 0. The fourth-order valence-corrected chi connectivity index (χ4v) is 3.63. The van der Waals surface area contributed by atoms with Crippen molar-refractivity contribution in [2.75, 3.05) is 39.3 Å². The number of carboxylic acids is 1. The number of hydrogen-bond acceptors (Lipinski definition) is 7. The Morgan fingerprint density at radius 1 is 1.22 bits per heavy atom. The van der Waals surface area contributed by atoms with Crippen molar-refractivity contribution in [3.8, 4) is 0 Å². The van der Waals surface area contributed by atoms with E-state index in [-0.39, 0.29) is 49.8 Å². The third kappa shape index (κ3) is 8.72. The molecule has 178 valence electrons. The maximum Gasteiger partial charge on any atom is 0.317 e. The van der Waals surface area contributed by atoms with Gasteiger partial charge in [0.15, 0.2) is 0 Å². The molecule has 12 nitrogen and oxygen atoms in total. The first-order valence-electron chi connectivity index (χ1n) is 11.0. The van der Waals surface area contributed by atoms with Crippen LogP contribution in [0.2, 0.25) is 0 Å². The lowest BCUT2D eigenvalue weighted by Crippen LogP contribution is -2.60. The first kappa shape index (κ1) is 25.4. The molecule has 2 unspecified atom stereocenters. The number of azide groups is 1. The zero-order chi connectivity index (χ0) is 23.5. The maximum absolute atomic E-state index is 12.6. The molecule has 32 heavy (non-hydrogen) atoms. The number of rotatable bonds is 13. The van der Waals surface area contributed by atoms with Crippen LogP contribution in [0.5, 0.6) is 0 Å². The van der Waals surface area contributed by atoms with Crippen LogP contribution in [0.25, 0.3) is 10.4 Å². The average molecular weight is 453 g/mol. The van der Waals surface area contributed by atoms with Crippen LogP contribution in [0.1, 0.15) is 45.4 Å². The van der Waals surface area contributed by atoms with Crippen molar-refractivity contribution >= 4 is 23.8 Å². The normalized spacial score (nSPS) is 19.5. The van der Waals surface area contributed by atoms with Gasteiger partial charge >= 0.3 is 11.9 Å². The number of piperazine rings is 1. The van der Waals surface area contributed by atoms with E-state index in [9.17, 15) is 24.3 Å². The van der Waals surface area contributed by atoms with E-state index >= 15 is 0 Å². The monoisotopic (exact) mass is 452 g/mol. The first-order valence-corrected chi connectivity index (χ1v) is 11.0. The van der Waals surface area contributed by atoms with Crippen molar-refractivity contribution < 1.29 is 29.0 Å². The Labute approximate surface area is 186 Å². The summed E-state index contributed by atoms with van der Waals surface area (Å²) in [5.41, 5.74) is 8.21. The summed E-state index contributed by atoms with van der Waals surface area (Å²) >= 11 is 0. The van der Waals surface area contributed by atoms with Crippen LogP contribution in [-0.4, -0.2) is 90.1 Å². The smallest absolute Gasteiger partial charge is 0.317 e. The van der Waals surface area contributed by atoms with E-state index < -0.39 is 18.1 Å². The van der Waals surface area contributed by atoms with Crippen LogP contribution in [0.3, 0.4) is 0 Å². The SMILES string of the molecule is CC(OC(=O)C1CC1)C1CN(C(=O)CCNC(=O)CCCCN=[N+]=[N-])CCN1CC(=O)O. The number of hydrogen-bond donors (Lipinski definition) is 2. The Kier molecular flexibility index (Phi) is 10.2. The highest BCUT2D eigenvalue weighted by molar-refractivity contribution is 5.79. The standard InChI is InChI=1S/C20H32N6O6/c1-14(32-20(31)15-5-6-15)16-12-26(11-10-25(16)13-19(29)30)18(28)7-9-22-17(27)4-2-3-8-23-24-21/h14-16H,2-13H2,1H3,(H,22,27)(H,29,30). The van der Waals surface area contributed by atoms with Gasteiger partial charge < -0.3 is 20.1 Å². The van der Waals surface area contributed by atoms with Crippen molar-refractivity contribution in [2.45, 2.75) is 57.6 Å². The lowest BCUT2D eigenvalue weighted by atomic mass is 10.1. The second-order valence-electron chi connectivity index (χ2n) is 8.20. The van der Waals surface area contributed by atoms with E-state index in [1.807, 2.05) is 0 Å². The number of esters is 1.